The van der Waals surface area contributed by atoms with E-state index in [0.717, 1.165) is 39.9 Å². The maximum atomic E-state index is 12.6. The highest BCUT2D eigenvalue weighted by atomic mass is 79.9. The molecule has 0 saturated carbocycles. The number of aromatic nitrogens is 2. The molecule has 0 bridgehead atoms. The fourth-order valence-corrected chi connectivity index (χ4v) is 3.82. The van der Waals surface area contributed by atoms with Gasteiger partial charge >= 0.3 is 0 Å². The van der Waals surface area contributed by atoms with E-state index in [1.54, 1.807) is 0 Å². The molecule has 3 aromatic rings. The van der Waals surface area contributed by atoms with Crippen molar-refractivity contribution in [3.8, 4) is 0 Å². The van der Waals surface area contributed by atoms with E-state index in [9.17, 15) is 4.79 Å². The number of anilines is 1. The fourth-order valence-electron chi connectivity index (χ4n) is 3.41. The summed E-state index contributed by atoms with van der Waals surface area (Å²) in [6.07, 6.45) is 1.60. The van der Waals surface area contributed by atoms with E-state index >= 15 is 0 Å². The van der Waals surface area contributed by atoms with Gasteiger partial charge in [0.05, 0.1) is 11.0 Å². The molecule has 1 aliphatic rings. The summed E-state index contributed by atoms with van der Waals surface area (Å²) in [5, 5.41) is 3.05. The van der Waals surface area contributed by atoms with Crippen LogP contribution in [-0.4, -0.2) is 15.5 Å². The van der Waals surface area contributed by atoms with Gasteiger partial charge in [0.15, 0.2) is 0 Å². The van der Waals surface area contributed by atoms with Gasteiger partial charge in [-0.3, -0.25) is 4.79 Å². The Morgan fingerprint density at radius 2 is 2.00 bits per heavy atom. The highest BCUT2D eigenvalue weighted by molar-refractivity contribution is 9.10. The van der Waals surface area contributed by atoms with Crippen LogP contribution in [0.25, 0.3) is 11.0 Å². The average Bonchev–Trinajstić information content (AvgIpc) is 3.08. The zero-order valence-electron chi connectivity index (χ0n) is 13.6. The Labute approximate surface area is 149 Å². The lowest BCUT2D eigenvalue weighted by molar-refractivity contribution is -0.119. The number of carbonyl (C=O) groups excluding carboxylic acids is 1. The number of hydrogen-bond donors (Lipinski definition) is 1. The van der Waals surface area contributed by atoms with E-state index in [0.29, 0.717) is 0 Å². The molecule has 4 nitrogen and oxygen atoms in total. The monoisotopic (exact) mass is 383 g/mol. The lowest BCUT2D eigenvalue weighted by atomic mass is 10.1. The highest BCUT2D eigenvalue weighted by Gasteiger charge is 2.27. The van der Waals surface area contributed by atoms with Crippen molar-refractivity contribution in [2.45, 2.75) is 19.8 Å². The van der Waals surface area contributed by atoms with Gasteiger partial charge in [-0.2, -0.15) is 0 Å². The zero-order chi connectivity index (χ0) is 16.8. The highest BCUT2D eigenvalue weighted by Crippen LogP contribution is 2.30. The first kappa shape index (κ1) is 15.4. The molecule has 1 aromatic heterocycles. The molecule has 0 spiro atoms. The molecule has 1 atom stereocenters. The molecule has 0 aliphatic heterocycles. The average molecular weight is 384 g/mol. The predicted octanol–water partition coefficient (Wildman–Crippen LogP) is 4.00. The Bertz CT molecular complexity index is 961. The van der Waals surface area contributed by atoms with Crippen molar-refractivity contribution in [2.24, 2.45) is 13.0 Å². The van der Waals surface area contributed by atoms with E-state index in [1.165, 1.54) is 11.1 Å². The predicted molar refractivity (Wildman–Crippen MR) is 99.1 cm³/mol. The number of nitrogens with zero attached hydrogens (tertiary/aromatic N) is 2. The molecule has 0 radical (unpaired) electrons. The van der Waals surface area contributed by atoms with Crippen molar-refractivity contribution in [2.75, 3.05) is 5.32 Å². The maximum Gasteiger partial charge on any atom is 0.228 e. The molecular formula is C19H18BrN3O. The van der Waals surface area contributed by atoms with E-state index < -0.39 is 0 Å². The van der Waals surface area contributed by atoms with Crippen molar-refractivity contribution in [1.82, 2.24) is 9.55 Å². The first-order valence-corrected chi connectivity index (χ1v) is 8.82. The number of fused-ring (bicyclic) bond motifs is 2. The summed E-state index contributed by atoms with van der Waals surface area (Å²) < 4.78 is 3.12. The maximum absolute atomic E-state index is 12.6. The molecule has 24 heavy (non-hydrogen) atoms. The topological polar surface area (TPSA) is 46.9 Å². The number of carbonyl (C=O) groups is 1. The van der Waals surface area contributed by atoms with E-state index in [1.807, 2.05) is 42.8 Å². The lowest BCUT2D eigenvalue weighted by Gasteiger charge is -2.10. The molecule has 1 aliphatic carbocycles. The van der Waals surface area contributed by atoms with Crippen LogP contribution < -0.4 is 5.32 Å². The number of imidazole rings is 1. The number of amides is 1. The zero-order valence-corrected chi connectivity index (χ0v) is 15.2. The molecule has 122 valence electrons. The molecule has 0 fully saturated rings. The summed E-state index contributed by atoms with van der Waals surface area (Å²) in [6.45, 7) is 1.98. The third-order valence-electron chi connectivity index (χ3n) is 4.84. The number of hydrogen-bond acceptors (Lipinski definition) is 2. The van der Waals surface area contributed by atoms with E-state index in [-0.39, 0.29) is 11.8 Å². The minimum atomic E-state index is -0.00420. The van der Waals surface area contributed by atoms with Crippen LogP contribution in [0.5, 0.6) is 0 Å². The van der Waals surface area contributed by atoms with Gasteiger partial charge in [-0.05, 0) is 61.2 Å². The quantitative estimate of drug-likeness (QED) is 0.726. The van der Waals surface area contributed by atoms with Crippen LogP contribution >= 0.6 is 15.9 Å². The van der Waals surface area contributed by atoms with Gasteiger partial charge < -0.3 is 9.88 Å². The van der Waals surface area contributed by atoms with Gasteiger partial charge in [-0.15, -0.1) is 0 Å². The van der Waals surface area contributed by atoms with Gasteiger partial charge in [0.2, 0.25) is 5.91 Å². The summed E-state index contributed by atoms with van der Waals surface area (Å²) in [6, 6.07) is 12.2. The third-order valence-corrected chi connectivity index (χ3v) is 5.34. The van der Waals surface area contributed by atoms with Crippen LogP contribution in [-0.2, 0) is 24.7 Å². The molecule has 1 heterocycles. The minimum Gasteiger partial charge on any atom is -0.331 e. The van der Waals surface area contributed by atoms with Crippen LogP contribution in [0.1, 0.15) is 17.0 Å². The standard InChI is InChI=1S/C19H18BrN3O/c1-11-21-17-10-16(5-6-18(17)23(11)2)22-19(24)14-7-12-3-4-15(20)9-13(12)8-14/h3-6,9-10,14H,7-8H2,1-2H3,(H,22,24). The summed E-state index contributed by atoms with van der Waals surface area (Å²) >= 11 is 3.50. The number of aryl methyl sites for hydroxylation is 2. The molecule has 0 saturated heterocycles. The lowest BCUT2D eigenvalue weighted by Crippen LogP contribution is -2.23. The van der Waals surface area contributed by atoms with Crippen molar-refractivity contribution in [3.05, 3.63) is 57.8 Å². The number of benzene rings is 2. The van der Waals surface area contributed by atoms with Crippen molar-refractivity contribution in [1.29, 1.82) is 0 Å². The second-order valence-corrected chi connectivity index (χ2v) is 7.34. The molecule has 5 heteroatoms. The SMILES string of the molecule is Cc1nc2cc(NC(=O)C3Cc4ccc(Br)cc4C3)ccc2n1C. The number of rotatable bonds is 2. The number of halogens is 1. The molecule has 1 N–H and O–H groups in total. The molecule has 2 aromatic carbocycles. The van der Waals surface area contributed by atoms with Crippen molar-refractivity contribution in [3.63, 3.8) is 0 Å². The van der Waals surface area contributed by atoms with Crippen LogP contribution in [0.15, 0.2) is 40.9 Å². The van der Waals surface area contributed by atoms with Crippen molar-refractivity contribution >= 4 is 38.6 Å². The van der Waals surface area contributed by atoms with Gasteiger partial charge in [0, 0.05) is 23.1 Å². The Balaban J connectivity index is 1.53. The van der Waals surface area contributed by atoms with Gasteiger partial charge in [0.25, 0.3) is 0 Å². The van der Waals surface area contributed by atoms with E-state index in [4.69, 9.17) is 0 Å². The van der Waals surface area contributed by atoms with Crippen LogP contribution in [0.4, 0.5) is 5.69 Å². The fraction of sp³-hybridized carbons (Fsp3) is 0.263. The van der Waals surface area contributed by atoms with Crippen LogP contribution in [0.2, 0.25) is 0 Å². The Kier molecular flexibility index (Phi) is 3.68. The smallest absolute Gasteiger partial charge is 0.228 e. The van der Waals surface area contributed by atoms with Crippen LogP contribution in [0, 0.1) is 12.8 Å². The summed E-state index contributed by atoms with van der Waals surface area (Å²) in [4.78, 5) is 17.2. The Morgan fingerprint density at radius 1 is 1.21 bits per heavy atom. The van der Waals surface area contributed by atoms with Gasteiger partial charge in [-0.25, -0.2) is 4.98 Å². The largest absolute Gasteiger partial charge is 0.331 e. The normalized spacial score (nSPS) is 16.4. The van der Waals surface area contributed by atoms with Crippen molar-refractivity contribution < 1.29 is 4.79 Å². The van der Waals surface area contributed by atoms with Crippen LogP contribution in [0.3, 0.4) is 0 Å². The van der Waals surface area contributed by atoms with Gasteiger partial charge in [-0.1, -0.05) is 22.0 Å². The Hall–Kier alpha value is -2.14. The number of nitrogens with one attached hydrogen (secondary N) is 1. The second kappa shape index (κ2) is 5.74. The molecular weight excluding hydrogens is 366 g/mol. The summed E-state index contributed by atoms with van der Waals surface area (Å²) in [7, 11) is 2.00. The first-order chi connectivity index (χ1) is 11.5. The van der Waals surface area contributed by atoms with E-state index in [2.05, 4.69) is 38.4 Å². The summed E-state index contributed by atoms with van der Waals surface area (Å²) in [5.41, 5.74) is 5.33. The third kappa shape index (κ3) is 2.63. The minimum absolute atomic E-state index is 0.00420. The molecule has 1 unspecified atom stereocenters. The molecule has 1 amide bonds. The second-order valence-electron chi connectivity index (χ2n) is 6.43. The van der Waals surface area contributed by atoms with Gasteiger partial charge in [0.1, 0.15) is 5.82 Å². The molecule has 4 rings (SSSR count). The first-order valence-electron chi connectivity index (χ1n) is 8.02. The Morgan fingerprint density at radius 3 is 2.83 bits per heavy atom. The summed E-state index contributed by atoms with van der Waals surface area (Å²) in [5.74, 6) is 1.04.